The molecule has 0 aromatic carbocycles. The highest BCUT2D eigenvalue weighted by Gasteiger charge is 2.44. The maximum atomic E-state index is 13.9. The van der Waals surface area contributed by atoms with E-state index in [1.54, 1.807) is 0 Å². The molecule has 6 nitrogen and oxygen atoms in total. The molecule has 0 spiro atoms. The maximum absolute atomic E-state index is 13.9. The molecule has 1 aromatic heterocycles. The molecule has 9 heteroatoms. The zero-order valence-corrected chi connectivity index (χ0v) is 15.6. The van der Waals surface area contributed by atoms with E-state index >= 15 is 0 Å². The molecule has 2 N–H and O–H groups in total. The molecular weight excluding hydrogens is 435 g/mol. The van der Waals surface area contributed by atoms with E-state index in [2.05, 4.69) is 14.7 Å². The number of esters is 1. The number of carbonyl (C=O) groups excluding carboxylic acids is 1. The van der Waals surface area contributed by atoms with Crippen LogP contribution in [0.25, 0.3) is 0 Å². The van der Waals surface area contributed by atoms with Gasteiger partial charge in [-0.05, 0) is 55.5 Å². The van der Waals surface area contributed by atoms with Crippen molar-refractivity contribution < 1.29 is 23.0 Å². The highest BCUT2D eigenvalue weighted by molar-refractivity contribution is 14.1. The summed E-state index contributed by atoms with van der Waals surface area (Å²) in [6, 6.07) is 2.22. The van der Waals surface area contributed by atoms with Crippen molar-refractivity contribution in [3.63, 3.8) is 0 Å². The molecule has 0 fully saturated rings. The van der Waals surface area contributed by atoms with E-state index in [0.717, 1.165) is 12.3 Å². The highest BCUT2D eigenvalue weighted by Crippen LogP contribution is 2.29. The van der Waals surface area contributed by atoms with Crippen molar-refractivity contribution >= 4 is 34.5 Å². The Morgan fingerprint density at radius 3 is 2.62 bits per heavy atom. The van der Waals surface area contributed by atoms with Gasteiger partial charge in [-0.3, -0.25) is 4.98 Å². The van der Waals surface area contributed by atoms with Gasteiger partial charge in [-0.1, -0.05) is 0 Å². The van der Waals surface area contributed by atoms with Gasteiger partial charge in [0, 0.05) is 12.2 Å². The summed E-state index contributed by atoms with van der Waals surface area (Å²) >= 11 is 1.94. The molecule has 0 aliphatic carbocycles. The first-order valence-electron chi connectivity index (χ1n) is 7.07. The van der Waals surface area contributed by atoms with E-state index in [4.69, 9.17) is 10.5 Å². The number of hydrogen-bond acceptors (Lipinski definition) is 6. The molecule has 132 valence electrons. The fraction of sp³-hybridized carbons (Fsp3) is 0.400. The second-order valence-corrected chi connectivity index (χ2v) is 5.98. The Morgan fingerprint density at radius 2 is 2.17 bits per heavy atom. The van der Waals surface area contributed by atoms with E-state index in [1.807, 2.05) is 36.4 Å². The smallest absolute Gasteiger partial charge is 0.384 e. The number of nitrogens with zero attached hydrogens (tertiary/aromatic N) is 2. The Balaban J connectivity index is 3.00. The van der Waals surface area contributed by atoms with Crippen molar-refractivity contribution in [3.8, 4) is 5.75 Å². The third kappa shape index (κ3) is 5.39. The van der Waals surface area contributed by atoms with Crippen LogP contribution in [-0.4, -0.2) is 29.5 Å². The Labute approximate surface area is 152 Å². The van der Waals surface area contributed by atoms with Crippen LogP contribution >= 0.6 is 22.6 Å². The number of aliphatic imine (C=N–C) groups is 1. The minimum absolute atomic E-state index is 0.0508. The fourth-order valence-electron chi connectivity index (χ4n) is 1.51. The molecular formula is C15H18F2IN3O3. The average molecular weight is 453 g/mol. The molecule has 0 aliphatic heterocycles. The molecule has 0 unspecified atom stereocenters. The second-order valence-electron chi connectivity index (χ2n) is 4.82. The van der Waals surface area contributed by atoms with Crippen LogP contribution < -0.4 is 10.5 Å². The molecule has 1 heterocycles. The predicted octanol–water partition coefficient (Wildman–Crippen LogP) is 3.16. The largest absolute Gasteiger partial charge is 0.461 e. The third-order valence-corrected chi connectivity index (χ3v) is 3.35. The normalized spacial score (nSPS) is 13.1. The van der Waals surface area contributed by atoms with Crippen molar-refractivity contribution in [1.82, 2.24) is 4.98 Å². The Bertz CT molecular complexity index is 631. The van der Waals surface area contributed by atoms with Gasteiger partial charge in [-0.2, -0.15) is 8.78 Å². The minimum Gasteiger partial charge on any atom is -0.461 e. The maximum Gasteiger partial charge on any atom is 0.384 e. The number of carbonyl (C=O) groups is 1. The summed E-state index contributed by atoms with van der Waals surface area (Å²) in [5.74, 6) is -5.03. The van der Waals surface area contributed by atoms with Crippen LogP contribution in [0.15, 0.2) is 33.1 Å². The number of nitrogens with two attached hydrogens (primary N) is 1. The standard InChI is InChI=1S/C15H18F2IN3O3/c1-4-23-14(22)15(16,17)12-6-5-10(8-20-12)24-13(11(18)7-19)21-9(2)3/h5-9H,4,19H2,1-3H3/b11-7+,21-13?. The number of ether oxygens (including phenoxy) is 2. The van der Waals surface area contributed by atoms with Gasteiger partial charge in [-0.25, -0.2) is 9.79 Å². The van der Waals surface area contributed by atoms with E-state index in [9.17, 15) is 13.6 Å². The van der Waals surface area contributed by atoms with Crippen molar-refractivity contribution in [3.05, 3.63) is 33.8 Å². The summed E-state index contributed by atoms with van der Waals surface area (Å²) in [4.78, 5) is 19.1. The van der Waals surface area contributed by atoms with Crippen LogP contribution in [0.5, 0.6) is 5.75 Å². The molecule has 0 amide bonds. The fourth-order valence-corrected chi connectivity index (χ4v) is 1.76. The zero-order valence-electron chi connectivity index (χ0n) is 13.4. The lowest BCUT2D eigenvalue weighted by molar-refractivity contribution is -0.173. The lowest BCUT2D eigenvalue weighted by atomic mass is 10.2. The molecule has 0 saturated heterocycles. The van der Waals surface area contributed by atoms with Gasteiger partial charge in [0.2, 0.25) is 5.90 Å². The van der Waals surface area contributed by atoms with Crippen LogP contribution in [-0.2, 0) is 15.5 Å². The summed E-state index contributed by atoms with van der Waals surface area (Å²) in [7, 11) is 0. The van der Waals surface area contributed by atoms with Crippen molar-refractivity contribution in [1.29, 1.82) is 0 Å². The molecule has 1 rings (SSSR count). The van der Waals surface area contributed by atoms with E-state index in [-0.39, 0.29) is 24.3 Å². The van der Waals surface area contributed by atoms with Crippen molar-refractivity contribution in [2.24, 2.45) is 10.7 Å². The van der Waals surface area contributed by atoms with Gasteiger partial charge in [0.15, 0.2) is 0 Å². The lowest BCUT2D eigenvalue weighted by Gasteiger charge is -2.14. The zero-order chi connectivity index (χ0) is 18.3. The monoisotopic (exact) mass is 453 g/mol. The highest BCUT2D eigenvalue weighted by atomic mass is 127. The molecule has 0 aliphatic rings. The summed E-state index contributed by atoms with van der Waals surface area (Å²) in [5, 5.41) is 0. The Kier molecular flexibility index (Phi) is 7.52. The molecule has 1 aromatic rings. The number of rotatable bonds is 6. The van der Waals surface area contributed by atoms with Crippen molar-refractivity contribution in [2.75, 3.05) is 6.61 Å². The molecule has 24 heavy (non-hydrogen) atoms. The average Bonchev–Trinajstić information content (AvgIpc) is 2.53. The summed E-state index contributed by atoms with van der Waals surface area (Å²) in [6.07, 6.45) is 2.40. The van der Waals surface area contributed by atoms with Crippen LogP contribution in [0.3, 0.4) is 0 Å². The van der Waals surface area contributed by atoms with Crippen molar-refractivity contribution in [2.45, 2.75) is 32.7 Å². The van der Waals surface area contributed by atoms with E-state index in [1.165, 1.54) is 19.2 Å². The number of hydrogen-bond donors (Lipinski definition) is 1. The van der Waals surface area contributed by atoms with Crippen LogP contribution in [0.1, 0.15) is 26.5 Å². The predicted molar refractivity (Wildman–Crippen MR) is 94.3 cm³/mol. The van der Waals surface area contributed by atoms with Crippen LogP contribution in [0.2, 0.25) is 0 Å². The first-order valence-corrected chi connectivity index (χ1v) is 8.15. The minimum atomic E-state index is -3.82. The number of alkyl halides is 2. The number of aromatic nitrogens is 1. The molecule has 0 bridgehead atoms. The molecule has 0 saturated carbocycles. The lowest BCUT2D eigenvalue weighted by Crippen LogP contribution is -2.29. The summed E-state index contributed by atoms with van der Waals surface area (Å²) in [5.41, 5.74) is 4.73. The first-order chi connectivity index (χ1) is 11.2. The molecule has 0 atom stereocenters. The van der Waals surface area contributed by atoms with Crippen LogP contribution in [0, 0.1) is 0 Å². The van der Waals surface area contributed by atoms with Gasteiger partial charge in [0.25, 0.3) is 0 Å². The van der Waals surface area contributed by atoms with E-state index < -0.39 is 17.6 Å². The van der Waals surface area contributed by atoms with Gasteiger partial charge >= 0.3 is 11.9 Å². The number of halogens is 3. The topological polar surface area (TPSA) is 86.8 Å². The van der Waals surface area contributed by atoms with Gasteiger partial charge in [-0.15, -0.1) is 0 Å². The third-order valence-electron chi connectivity index (χ3n) is 2.53. The SMILES string of the molecule is CCOC(=O)C(F)(F)c1ccc(OC(=NC(C)C)/C(I)=C\N)cn1. The Hall–Kier alpha value is -1.78. The van der Waals surface area contributed by atoms with E-state index in [0.29, 0.717) is 3.58 Å². The van der Waals surface area contributed by atoms with Crippen LogP contribution in [0.4, 0.5) is 8.78 Å². The number of pyridine rings is 1. The summed E-state index contributed by atoms with van der Waals surface area (Å²) in [6.45, 7) is 5.01. The van der Waals surface area contributed by atoms with Gasteiger partial charge in [0.05, 0.1) is 16.4 Å². The molecule has 0 radical (unpaired) electrons. The van der Waals surface area contributed by atoms with Gasteiger partial charge < -0.3 is 15.2 Å². The quantitative estimate of drug-likeness (QED) is 0.310. The van der Waals surface area contributed by atoms with Gasteiger partial charge in [0.1, 0.15) is 11.4 Å². The summed E-state index contributed by atoms with van der Waals surface area (Å²) < 4.78 is 38.1. The Morgan fingerprint density at radius 1 is 1.50 bits per heavy atom. The second kappa shape index (κ2) is 8.90. The first kappa shape index (κ1) is 20.3.